The Labute approximate surface area is 157 Å². The van der Waals surface area contributed by atoms with Gasteiger partial charge in [0.2, 0.25) is 5.79 Å². The lowest BCUT2D eigenvalue weighted by atomic mass is 10.0. The average Bonchev–Trinajstić information content (AvgIpc) is 3.22. The lowest BCUT2D eigenvalue weighted by Gasteiger charge is -2.25. The van der Waals surface area contributed by atoms with Crippen molar-refractivity contribution in [1.29, 1.82) is 0 Å². The second-order valence-corrected chi connectivity index (χ2v) is 6.29. The number of carbonyl (C=O) groups excluding carboxylic acids is 2. The van der Waals surface area contributed by atoms with Crippen molar-refractivity contribution in [2.45, 2.75) is 31.8 Å². The van der Waals surface area contributed by atoms with Gasteiger partial charge in [0.1, 0.15) is 0 Å². The van der Waals surface area contributed by atoms with Crippen molar-refractivity contribution in [2.24, 2.45) is 0 Å². The second-order valence-electron chi connectivity index (χ2n) is 6.29. The average molecular weight is 368 g/mol. The summed E-state index contributed by atoms with van der Waals surface area (Å²) in [6.45, 7) is 3.74. The predicted octanol–water partition coefficient (Wildman–Crippen LogP) is 2.78. The van der Waals surface area contributed by atoms with E-state index in [0.29, 0.717) is 0 Å². The summed E-state index contributed by atoms with van der Waals surface area (Å²) in [5.74, 6) is -2.63. The van der Waals surface area contributed by atoms with Crippen LogP contribution in [0, 0.1) is 0 Å². The minimum Gasteiger partial charge on any atom is -0.464 e. The van der Waals surface area contributed by atoms with Crippen LogP contribution in [-0.2, 0) is 34.3 Å². The molecule has 0 saturated carbocycles. The summed E-state index contributed by atoms with van der Waals surface area (Å²) in [6, 6.07) is 15.3. The zero-order chi connectivity index (χ0) is 19.0. The molecule has 0 radical (unpaired) electrons. The van der Waals surface area contributed by atoms with Crippen LogP contribution in [0.25, 0.3) is 11.1 Å². The summed E-state index contributed by atoms with van der Waals surface area (Å²) in [7, 11) is 0. The first kappa shape index (κ1) is 17.7. The van der Waals surface area contributed by atoms with E-state index in [4.69, 9.17) is 18.9 Å². The van der Waals surface area contributed by atoms with Crippen molar-refractivity contribution in [2.75, 3.05) is 13.2 Å². The number of esters is 2. The molecule has 6 heteroatoms. The van der Waals surface area contributed by atoms with Gasteiger partial charge < -0.3 is 18.9 Å². The van der Waals surface area contributed by atoms with E-state index in [0.717, 1.165) is 22.3 Å². The highest BCUT2D eigenvalue weighted by atomic mass is 16.8. The van der Waals surface area contributed by atoms with E-state index in [9.17, 15) is 9.59 Å². The molecule has 2 aromatic rings. The fourth-order valence-corrected chi connectivity index (χ4v) is 3.71. The maximum absolute atomic E-state index is 12.5. The van der Waals surface area contributed by atoms with E-state index < -0.39 is 29.9 Å². The van der Waals surface area contributed by atoms with Crippen LogP contribution in [0.15, 0.2) is 48.5 Å². The standard InChI is InChI=1S/C21H20O6/c1-3-24-19(22)17-18(20(23)25-4-2)27-21(26-17)15-11-7-5-9-13(15)14-10-6-8-12-16(14)21/h5-12,17-18H,3-4H2,1-2H3/t17-,18+. The predicted molar refractivity (Wildman–Crippen MR) is 95.7 cm³/mol. The van der Waals surface area contributed by atoms with E-state index in [1.807, 2.05) is 48.5 Å². The topological polar surface area (TPSA) is 71.1 Å². The third-order valence-corrected chi connectivity index (χ3v) is 4.75. The van der Waals surface area contributed by atoms with Crippen LogP contribution in [0.3, 0.4) is 0 Å². The van der Waals surface area contributed by atoms with Gasteiger partial charge in [0.25, 0.3) is 0 Å². The van der Waals surface area contributed by atoms with Gasteiger partial charge in [-0.2, -0.15) is 0 Å². The van der Waals surface area contributed by atoms with Gasteiger partial charge in [0.15, 0.2) is 12.2 Å². The smallest absolute Gasteiger partial charge is 0.338 e. The van der Waals surface area contributed by atoms with Crippen LogP contribution in [-0.4, -0.2) is 37.4 Å². The normalized spacial score (nSPS) is 21.6. The highest BCUT2D eigenvalue weighted by Gasteiger charge is 2.59. The Kier molecular flexibility index (Phi) is 4.45. The molecule has 0 bridgehead atoms. The van der Waals surface area contributed by atoms with Crippen LogP contribution in [0.1, 0.15) is 25.0 Å². The Hall–Kier alpha value is -2.70. The van der Waals surface area contributed by atoms with Gasteiger partial charge in [0, 0.05) is 11.1 Å². The Morgan fingerprint density at radius 1 is 0.815 bits per heavy atom. The Balaban J connectivity index is 1.83. The van der Waals surface area contributed by atoms with Crippen molar-refractivity contribution in [3.05, 3.63) is 59.7 Å². The van der Waals surface area contributed by atoms with Crippen LogP contribution in [0.5, 0.6) is 0 Å². The highest BCUT2D eigenvalue weighted by molar-refractivity contribution is 5.88. The van der Waals surface area contributed by atoms with E-state index in [2.05, 4.69) is 0 Å². The Morgan fingerprint density at radius 3 is 1.63 bits per heavy atom. The van der Waals surface area contributed by atoms with E-state index in [-0.39, 0.29) is 13.2 Å². The SMILES string of the molecule is CCOC(=O)[C@H]1OC2(O[C@H]1C(=O)OCC)c1ccccc1-c1ccccc12. The second kappa shape index (κ2) is 6.79. The molecule has 4 rings (SSSR count). The Bertz CT molecular complexity index is 816. The van der Waals surface area contributed by atoms with Crippen LogP contribution in [0.2, 0.25) is 0 Å². The van der Waals surface area contributed by atoms with E-state index >= 15 is 0 Å². The van der Waals surface area contributed by atoms with E-state index in [1.165, 1.54) is 0 Å². The molecule has 0 amide bonds. The lowest BCUT2D eigenvalue weighted by molar-refractivity contribution is -0.173. The van der Waals surface area contributed by atoms with Gasteiger partial charge in [-0.15, -0.1) is 0 Å². The van der Waals surface area contributed by atoms with Crippen molar-refractivity contribution < 1.29 is 28.5 Å². The third kappa shape index (κ3) is 2.64. The molecule has 1 aliphatic heterocycles. The number of ether oxygens (including phenoxy) is 4. The minimum atomic E-state index is -1.35. The minimum absolute atomic E-state index is 0.175. The zero-order valence-electron chi connectivity index (χ0n) is 15.1. The first-order valence-corrected chi connectivity index (χ1v) is 9.00. The lowest BCUT2D eigenvalue weighted by Crippen LogP contribution is -2.39. The maximum atomic E-state index is 12.5. The molecule has 27 heavy (non-hydrogen) atoms. The van der Waals surface area contributed by atoms with Crippen molar-refractivity contribution in [1.82, 2.24) is 0 Å². The highest BCUT2D eigenvalue weighted by Crippen LogP contribution is 2.54. The molecular weight excluding hydrogens is 348 g/mol. The quantitative estimate of drug-likeness (QED) is 0.773. The van der Waals surface area contributed by atoms with Gasteiger partial charge >= 0.3 is 11.9 Å². The fourth-order valence-electron chi connectivity index (χ4n) is 3.71. The Morgan fingerprint density at radius 2 is 1.22 bits per heavy atom. The molecule has 1 saturated heterocycles. The maximum Gasteiger partial charge on any atom is 0.338 e. The first-order chi connectivity index (χ1) is 13.1. The van der Waals surface area contributed by atoms with Gasteiger partial charge in [-0.25, -0.2) is 9.59 Å². The molecule has 0 unspecified atom stereocenters. The molecular formula is C21H20O6. The summed E-state index contributed by atoms with van der Waals surface area (Å²) in [6.07, 6.45) is -2.41. The molecule has 6 nitrogen and oxygen atoms in total. The molecule has 2 aliphatic rings. The summed E-state index contributed by atoms with van der Waals surface area (Å²) >= 11 is 0. The van der Waals surface area contributed by atoms with Gasteiger partial charge in [-0.1, -0.05) is 48.5 Å². The molecule has 140 valence electrons. The number of benzene rings is 2. The van der Waals surface area contributed by atoms with Gasteiger partial charge in [-0.05, 0) is 25.0 Å². The summed E-state index contributed by atoms with van der Waals surface area (Å²) in [5.41, 5.74) is 3.40. The molecule has 2 atom stereocenters. The molecule has 2 aromatic carbocycles. The van der Waals surface area contributed by atoms with Crippen LogP contribution in [0.4, 0.5) is 0 Å². The largest absolute Gasteiger partial charge is 0.464 e. The molecule has 1 spiro atoms. The molecule has 1 fully saturated rings. The summed E-state index contributed by atoms with van der Waals surface area (Å²) < 4.78 is 22.5. The van der Waals surface area contributed by atoms with E-state index in [1.54, 1.807) is 13.8 Å². The van der Waals surface area contributed by atoms with Crippen LogP contribution < -0.4 is 0 Å². The molecule has 0 N–H and O–H groups in total. The fraction of sp³-hybridized carbons (Fsp3) is 0.333. The summed E-state index contributed by atoms with van der Waals surface area (Å²) in [5, 5.41) is 0. The van der Waals surface area contributed by atoms with Crippen molar-refractivity contribution >= 4 is 11.9 Å². The number of hydrogen-bond donors (Lipinski definition) is 0. The molecule has 1 aliphatic carbocycles. The molecule has 0 aromatic heterocycles. The zero-order valence-corrected chi connectivity index (χ0v) is 15.1. The summed E-state index contributed by atoms with van der Waals surface area (Å²) in [4.78, 5) is 25.0. The number of carbonyl (C=O) groups is 2. The first-order valence-electron chi connectivity index (χ1n) is 9.00. The number of rotatable bonds is 4. The molecule has 1 heterocycles. The number of hydrogen-bond acceptors (Lipinski definition) is 6. The van der Waals surface area contributed by atoms with Crippen LogP contribution >= 0.6 is 0 Å². The van der Waals surface area contributed by atoms with Crippen molar-refractivity contribution in [3.63, 3.8) is 0 Å². The van der Waals surface area contributed by atoms with Gasteiger partial charge in [0.05, 0.1) is 13.2 Å². The monoisotopic (exact) mass is 368 g/mol. The van der Waals surface area contributed by atoms with Gasteiger partial charge in [-0.3, -0.25) is 0 Å². The van der Waals surface area contributed by atoms with Crippen molar-refractivity contribution in [3.8, 4) is 11.1 Å². The number of fused-ring (bicyclic) bond motifs is 5. The third-order valence-electron chi connectivity index (χ3n) is 4.75.